The molecule has 6 nitrogen and oxygen atoms in total. The molecule has 0 aliphatic rings. The first-order valence-electron chi connectivity index (χ1n) is 7.01. The number of alkyl halides is 3. The number of rotatable bonds is 5. The maximum Gasteiger partial charge on any atom is 0.573 e. The number of nitrogens with one attached hydrogen (secondary N) is 1. The smallest absolute Gasteiger partial charge is 0.404 e. The van der Waals surface area contributed by atoms with Crippen LogP contribution in [0.15, 0.2) is 53.0 Å². The van der Waals surface area contributed by atoms with Crippen LogP contribution in [0.25, 0.3) is 11.3 Å². The van der Waals surface area contributed by atoms with Gasteiger partial charge in [-0.15, -0.1) is 24.5 Å². The molecule has 3 rings (SSSR count). The second kappa shape index (κ2) is 7.40. The van der Waals surface area contributed by atoms with Crippen LogP contribution in [0.3, 0.4) is 0 Å². The Morgan fingerprint density at radius 2 is 2.08 bits per heavy atom. The molecular weight excluding hydrogens is 389 g/mol. The minimum Gasteiger partial charge on any atom is -0.404 e. The number of pyridine rings is 1. The highest BCUT2D eigenvalue weighted by Gasteiger charge is 2.32. The van der Waals surface area contributed by atoms with Crippen molar-refractivity contribution < 1.29 is 22.1 Å². The molecule has 0 amide bonds. The molecule has 1 unspecified atom stereocenters. The third kappa shape index (κ3) is 4.56. The fourth-order valence-electron chi connectivity index (χ4n) is 2.04. The summed E-state index contributed by atoms with van der Waals surface area (Å²) in [5.41, 5.74) is 1.33. The molecule has 1 aromatic carbocycles. The third-order valence-electron chi connectivity index (χ3n) is 3.11. The third-order valence-corrected chi connectivity index (χ3v) is 4.59. The quantitative estimate of drug-likeness (QED) is 0.679. The van der Waals surface area contributed by atoms with Crippen molar-refractivity contribution in [2.75, 3.05) is 5.32 Å². The number of ether oxygens (including phenoxy) is 1. The van der Waals surface area contributed by atoms with E-state index in [0.29, 0.717) is 10.8 Å². The van der Waals surface area contributed by atoms with E-state index < -0.39 is 23.1 Å². The lowest BCUT2D eigenvalue weighted by Crippen LogP contribution is -2.18. The van der Waals surface area contributed by atoms with E-state index in [1.807, 2.05) is 6.07 Å². The average molecular weight is 400 g/mol. The molecular formula is C15H11F3N4O2S2. The van der Waals surface area contributed by atoms with Gasteiger partial charge in [0.05, 0.1) is 16.3 Å². The van der Waals surface area contributed by atoms with Crippen LogP contribution < -0.4 is 15.2 Å². The molecule has 11 heteroatoms. The Kier molecular flexibility index (Phi) is 5.20. The first-order chi connectivity index (χ1) is 12.3. The van der Waals surface area contributed by atoms with Gasteiger partial charge in [-0.2, -0.15) is 0 Å². The second-order valence-electron chi connectivity index (χ2n) is 4.91. The number of hydrogen-bond donors (Lipinski definition) is 2. The van der Waals surface area contributed by atoms with Crippen molar-refractivity contribution in [2.45, 2.75) is 11.3 Å². The topological polar surface area (TPSA) is 90.1 Å². The molecule has 2 heterocycles. The van der Waals surface area contributed by atoms with E-state index in [4.69, 9.17) is 5.14 Å². The zero-order valence-electron chi connectivity index (χ0n) is 12.9. The predicted octanol–water partition coefficient (Wildman–Crippen LogP) is 3.83. The zero-order valence-corrected chi connectivity index (χ0v) is 14.5. The van der Waals surface area contributed by atoms with E-state index in [9.17, 15) is 17.4 Å². The number of thiazole rings is 1. The van der Waals surface area contributed by atoms with Gasteiger partial charge in [0, 0.05) is 23.3 Å². The van der Waals surface area contributed by atoms with Crippen molar-refractivity contribution in [1.29, 1.82) is 0 Å². The fourth-order valence-corrected chi connectivity index (χ4v) is 3.21. The summed E-state index contributed by atoms with van der Waals surface area (Å²) >= 11 is 1.19. The first-order valence-corrected chi connectivity index (χ1v) is 9.10. The van der Waals surface area contributed by atoms with Crippen LogP contribution in [0.2, 0.25) is 0 Å². The highest BCUT2D eigenvalue weighted by molar-refractivity contribution is 7.82. The molecule has 3 N–H and O–H groups in total. The van der Waals surface area contributed by atoms with Crippen LogP contribution in [0, 0.1) is 0 Å². The van der Waals surface area contributed by atoms with E-state index in [1.54, 1.807) is 23.8 Å². The summed E-state index contributed by atoms with van der Waals surface area (Å²) in [5, 5.41) is 10.1. The summed E-state index contributed by atoms with van der Waals surface area (Å²) in [7, 11) is -1.86. The molecule has 2 aromatic heterocycles. The monoisotopic (exact) mass is 400 g/mol. The van der Waals surface area contributed by atoms with Gasteiger partial charge in [0.2, 0.25) is 0 Å². The van der Waals surface area contributed by atoms with Crippen LogP contribution in [0.5, 0.6) is 5.75 Å². The Hall–Kier alpha value is -2.50. The van der Waals surface area contributed by atoms with Gasteiger partial charge < -0.3 is 10.1 Å². The first kappa shape index (κ1) is 18.3. The number of nitrogens with zero attached hydrogens (tertiary/aromatic N) is 2. The SMILES string of the molecule is NS(=O)c1ccc(OC(F)(F)F)c(Nc2nc(-c3cccnc3)cs2)c1. The highest BCUT2D eigenvalue weighted by Crippen LogP contribution is 2.35. The van der Waals surface area contributed by atoms with Gasteiger partial charge in [-0.05, 0) is 30.3 Å². The van der Waals surface area contributed by atoms with Gasteiger partial charge >= 0.3 is 6.36 Å². The van der Waals surface area contributed by atoms with Gasteiger partial charge in [0.15, 0.2) is 10.9 Å². The predicted molar refractivity (Wildman–Crippen MR) is 92.3 cm³/mol. The van der Waals surface area contributed by atoms with E-state index in [-0.39, 0.29) is 10.6 Å². The number of aromatic nitrogens is 2. The summed E-state index contributed by atoms with van der Waals surface area (Å²) in [6.07, 6.45) is -1.63. The van der Waals surface area contributed by atoms with Crippen LogP contribution >= 0.6 is 11.3 Å². The Labute approximate surface area is 152 Å². The maximum absolute atomic E-state index is 12.6. The maximum atomic E-state index is 12.6. The minimum absolute atomic E-state index is 0.0503. The minimum atomic E-state index is -4.87. The van der Waals surface area contributed by atoms with Crippen LogP contribution in [0.1, 0.15) is 0 Å². The van der Waals surface area contributed by atoms with E-state index in [2.05, 4.69) is 20.0 Å². The van der Waals surface area contributed by atoms with Gasteiger partial charge in [-0.25, -0.2) is 14.3 Å². The summed E-state index contributed by atoms with van der Waals surface area (Å²) in [6.45, 7) is 0. The van der Waals surface area contributed by atoms with Crippen molar-refractivity contribution in [3.05, 3.63) is 48.1 Å². The van der Waals surface area contributed by atoms with Crippen LogP contribution in [-0.4, -0.2) is 20.5 Å². The van der Waals surface area contributed by atoms with Gasteiger partial charge in [-0.1, -0.05) is 0 Å². The molecule has 136 valence electrons. The average Bonchev–Trinajstić information content (AvgIpc) is 3.04. The zero-order chi connectivity index (χ0) is 18.7. The van der Waals surface area contributed by atoms with Gasteiger partial charge in [-0.3, -0.25) is 4.98 Å². The summed E-state index contributed by atoms with van der Waals surface area (Å²) in [6, 6.07) is 7.03. The molecule has 3 aromatic rings. The Morgan fingerprint density at radius 1 is 1.27 bits per heavy atom. The molecule has 0 saturated carbocycles. The molecule has 0 bridgehead atoms. The Morgan fingerprint density at radius 3 is 2.73 bits per heavy atom. The highest BCUT2D eigenvalue weighted by atomic mass is 32.2. The summed E-state index contributed by atoms with van der Waals surface area (Å²) in [4.78, 5) is 8.45. The molecule has 1 atom stereocenters. The number of anilines is 2. The van der Waals surface area contributed by atoms with E-state index in [0.717, 1.165) is 11.6 Å². The van der Waals surface area contributed by atoms with Crippen molar-refractivity contribution in [1.82, 2.24) is 9.97 Å². The lowest BCUT2D eigenvalue weighted by Gasteiger charge is -2.14. The van der Waals surface area contributed by atoms with Gasteiger partial charge in [0.25, 0.3) is 0 Å². The Bertz CT molecular complexity index is 932. The van der Waals surface area contributed by atoms with Crippen LogP contribution in [-0.2, 0) is 11.0 Å². The van der Waals surface area contributed by atoms with Crippen molar-refractivity contribution in [2.24, 2.45) is 5.14 Å². The molecule has 0 aliphatic carbocycles. The largest absolute Gasteiger partial charge is 0.573 e. The molecule has 26 heavy (non-hydrogen) atoms. The number of halogens is 3. The molecule has 0 spiro atoms. The Balaban J connectivity index is 1.91. The molecule has 0 radical (unpaired) electrons. The van der Waals surface area contributed by atoms with Gasteiger partial charge in [0.1, 0.15) is 11.0 Å². The summed E-state index contributed by atoms with van der Waals surface area (Å²) < 4.78 is 53.2. The fraction of sp³-hybridized carbons (Fsp3) is 0.0667. The van der Waals surface area contributed by atoms with E-state index >= 15 is 0 Å². The normalized spacial score (nSPS) is 12.6. The molecule has 0 aliphatic heterocycles. The van der Waals surface area contributed by atoms with Crippen molar-refractivity contribution >= 4 is 33.1 Å². The van der Waals surface area contributed by atoms with Crippen molar-refractivity contribution in [3.63, 3.8) is 0 Å². The number of hydrogen-bond acceptors (Lipinski definition) is 6. The number of benzene rings is 1. The van der Waals surface area contributed by atoms with Crippen LogP contribution in [0.4, 0.5) is 24.0 Å². The standard InChI is InChI=1S/C15H11F3N4O2S2/c16-15(17,18)24-13-4-3-10(26(19)23)6-11(13)21-14-22-12(8-25-14)9-2-1-5-20-7-9/h1-8H,19H2,(H,21,22). The summed E-state index contributed by atoms with van der Waals surface area (Å²) in [5.74, 6) is -0.482. The van der Waals surface area contributed by atoms with Crippen molar-refractivity contribution in [3.8, 4) is 17.0 Å². The molecule has 0 saturated heterocycles. The van der Waals surface area contributed by atoms with E-state index in [1.165, 1.54) is 23.5 Å². The lowest BCUT2D eigenvalue weighted by molar-refractivity contribution is -0.274. The molecule has 0 fully saturated rings. The second-order valence-corrected chi connectivity index (χ2v) is 6.83. The number of nitrogens with two attached hydrogens (primary N) is 1. The lowest BCUT2D eigenvalue weighted by atomic mass is 10.2.